The Morgan fingerprint density at radius 2 is 2.24 bits per heavy atom. The Morgan fingerprint density at radius 3 is 2.90 bits per heavy atom. The number of para-hydroxylation sites is 1. The molecule has 3 heteroatoms. The van der Waals surface area contributed by atoms with E-state index in [1.165, 1.54) is 0 Å². The van der Waals surface area contributed by atoms with Gasteiger partial charge in [-0.2, -0.15) is 0 Å². The van der Waals surface area contributed by atoms with Crippen molar-refractivity contribution in [2.24, 2.45) is 0 Å². The van der Waals surface area contributed by atoms with Crippen LogP contribution in [0, 0.1) is 19.3 Å². The van der Waals surface area contributed by atoms with Gasteiger partial charge in [-0.05, 0) is 18.1 Å². The molecule has 1 N–H and O–H groups in total. The summed E-state index contributed by atoms with van der Waals surface area (Å²) < 4.78 is 0. The molecule has 0 bridgehead atoms. The van der Waals surface area contributed by atoms with E-state index in [4.69, 9.17) is 6.42 Å². The number of H-pyrrole nitrogens is 1. The molecular formula is C18H21N2O. The molecule has 0 unspecified atom stereocenters. The minimum absolute atomic E-state index is 0. The van der Waals surface area contributed by atoms with Crippen molar-refractivity contribution in [3.63, 3.8) is 0 Å². The summed E-state index contributed by atoms with van der Waals surface area (Å²) in [7, 11) is 0. The Hall–Kier alpha value is -2.47. The molecule has 0 amide bonds. The predicted octanol–water partition coefficient (Wildman–Crippen LogP) is 3.47. The van der Waals surface area contributed by atoms with Crippen LogP contribution >= 0.6 is 0 Å². The van der Waals surface area contributed by atoms with Crippen LogP contribution in [0.3, 0.4) is 0 Å². The summed E-state index contributed by atoms with van der Waals surface area (Å²) >= 11 is 0. The van der Waals surface area contributed by atoms with Gasteiger partial charge >= 0.3 is 0 Å². The van der Waals surface area contributed by atoms with Gasteiger partial charge in [0.1, 0.15) is 5.82 Å². The number of hydrogen-bond donors (Lipinski definition) is 1. The Balaban J connectivity index is 0.00000242. The van der Waals surface area contributed by atoms with Crippen molar-refractivity contribution in [2.75, 3.05) is 18.0 Å². The first kappa shape index (κ1) is 14.9. The molecule has 0 fully saturated rings. The lowest BCUT2D eigenvalue weighted by Gasteiger charge is -2.23. The van der Waals surface area contributed by atoms with Gasteiger partial charge in [0.2, 0.25) is 0 Å². The molecule has 0 spiro atoms. The fourth-order valence-corrected chi connectivity index (χ4v) is 2.36. The van der Waals surface area contributed by atoms with E-state index in [0.717, 1.165) is 29.9 Å². The summed E-state index contributed by atoms with van der Waals surface area (Å²) in [5.74, 6) is 3.41. The Bertz CT molecular complexity index is 743. The summed E-state index contributed by atoms with van der Waals surface area (Å²) in [6.07, 6.45) is 8.46. The number of pyridine rings is 1. The van der Waals surface area contributed by atoms with Crippen molar-refractivity contribution in [2.45, 2.75) is 12.8 Å². The van der Waals surface area contributed by atoms with Gasteiger partial charge in [0.25, 0.3) is 0 Å². The van der Waals surface area contributed by atoms with Gasteiger partial charge in [0.05, 0.1) is 5.52 Å². The van der Waals surface area contributed by atoms with Gasteiger partial charge in [0, 0.05) is 32.4 Å². The number of aromatic amines is 1. The summed E-state index contributed by atoms with van der Waals surface area (Å²) in [4.78, 5) is 17.7. The minimum atomic E-state index is -0.00257. The van der Waals surface area contributed by atoms with Crippen LogP contribution in [0.25, 0.3) is 17.0 Å². The molecule has 0 saturated carbocycles. The summed E-state index contributed by atoms with van der Waals surface area (Å²) in [6.45, 7) is 9.12. The maximum Gasteiger partial charge on any atom is 0.191 e. The third-order valence-electron chi connectivity index (χ3n) is 3.40. The maximum atomic E-state index is 12.3. The molecule has 0 saturated heterocycles. The summed E-state index contributed by atoms with van der Waals surface area (Å²) in [5.41, 5.74) is 1.72. The van der Waals surface area contributed by atoms with Crippen molar-refractivity contribution < 1.29 is 1.43 Å². The number of benzene rings is 1. The SMILES string of the molecule is C#CCCN(CC[CH2])c1cc(=O)c2cccc(C=C)c2[nH]1.[HH]. The highest BCUT2D eigenvalue weighted by Gasteiger charge is 2.10. The quantitative estimate of drug-likeness (QED) is 0.823. The predicted molar refractivity (Wildman–Crippen MR) is 92.4 cm³/mol. The van der Waals surface area contributed by atoms with Crippen LogP contribution in [0.2, 0.25) is 0 Å². The number of nitrogens with one attached hydrogen (secondary N) is 1. The molecular weight excluding hydrogens is 260 g/mol. The molecule has 3 nitrogen and oxygen atoms in total. The van der Waals surface area contributed by atoms with Gasteiger partial charge in [0.15, 0.2) is 5.43 Å². The molecule has 1 radical (unpaired) electrons. The zero-order valence-corrected chi connectivity index (χ0v) is 12.1. The zero-order valence-electron chi connectivity index (χ0n) is 12.1. The molecule has 1 aromatic carbocycles. The lowest BCUT2D eigenvalue weighted by Crippen LogP contribution is -2.27. The van der Waals surface area contributed by atoms with Crippen LogP contribution in [0.15, 0.2) is 35.6 Å². The van der Waals surface area contributed by atoms with E-state index >= 15 is 0 Å². The molecule has 1 heterocycles. The smallest absolute Gasteiger partial charge is 0.191 e. The van der Waals surface area contributed by atoms with Gasteiger partial charge in [-0.15, -0.1) is 12.3 Å². The number of terminal acetylenes is 1. The Kier molecular flexibility index (Phi) is 4.84. The van der Waals surface area contributed by atoms with Crippen molar-refractivity contribution in [3.05, 3.63) is 53.6 Å². The Labute approximate surface area is 126 Å². The maximum absolute atomic E-state index is 12.3. The van der Waals surface area contributed by atoms with E-state index in [2.05, 4.69) is 29.3 Å². The highest BCUT2D eigenvalue weighted by molar-refractivity contribution is 5.88. The summed E-state index contributed by atoms with van der Waals surface area (Å²) in [5, 5.41) is 0.669. The van der Waals surface area contributed by atoms with Crippen LogP contribution in [0.1, 0.15) is 19.8 Å². The van der Waals surface area contributed by atoms with Crippen LogP contribution in [0.4, 0.5) is 5.82 Å². The van der Waals surface area contributed by atoms with Crippen molar-refractivity contribution >= 4 is 22.8 Å². The van der Waals surface area contributed by atoms with Crippen molar-refractivity contribution in [3.8, 4) is 12.3 Å². The van der Waals surface area contributed by atoms with Crippen molar-refractivity contribution in [1.29, 1.82) is 0 Å². The van der Waals surface area contributed by atoms with E-state index in [9.17, 15) is 4.79 Å². The normalized spacial score (nSPS) is 10.3. The second-order valence-electron chi connectivity index (χ2n) is 4.79. The van der Waals surface area contributed by atoms with E-state index in [1.807, 2.05) is 18.2 Å². The van der Waals surface area contributed by atoms with E-state index in [0.29, 0.717) is 18.4 Å². The second kappa shape index (κ2) is 6.81. The molecule has 109 valence electrons. The van der Waals surface area contributed by atoms with Crippen LogP contribution in [-0.4, -0.2) is 18.1 Å². The largest absolute Gasteiger partial charge is 0.357 e. The molecule has 0 aliphatic rings. The fraction of sp³-hybridized carbons (Fsp3) is 0.222. The third kappa shape index (κ3) is 3.17. The highest BCUT2D eigenvalue weighted by Crippen LogP contribution is 2.19. The average Bonchev–Trinajstić information content (AvgIpc) is 2.50. The van der Waals surface area contributed by atoms with Gasteiger partial charge in [-0.3, -0.25) is 4.79 Å². The molecule has 2 aromatic rings. The van der Waals surface area contributed by atoms with Gasteiger partial charge in [-0.1, -0.05) is 31.7 Å². The van der Waals surface area contributed by atoms with Gasteiger partial charge < -0.3 is 9.88 Å². The monoisotopic (exact) mass is 281 g/mol. The first-order valence-electron chi connectivity index (χ1n) is 6.97. The highest BCUT2D eigenvalue weighted by atomic mass is 16.1. The molecule has 21 heavy (non-hydrogen) atoms. The van der Waals surface area contributed by atoms with E-state index < -0.39 is 0 Å². The lowest BCUT2D eigenvalue weighted by molar-refractivity contribution is 0.782. The third-order valence-corrected chi connectivity index (χ3v) is 3.40. The van der Waals surface area contributed by atoms with Crippen molar-refractivity contribution in [1.82, 2.24) is 4.98 Å². The summed E-state index contributed by atoms with van der Waals surface area (Å²) in [6, 6.07) is 7.24. The number of fused-ring (bicyclic) bond motifs is 1. The second-order valence-corrected chi connectivity index (χ2v) is 4.79. The average molecular weight is 281 g/mol. The number of nitrogens with zero attached hydrogens (tertiary/aromatic N) is 1. The fourth-order valence-electron chi connectivity index (χ4n) is 2.36. The van der Waals surface area contributed by atoms with Crippen LogP contribution in [-0.2, 0) is 0 Å². The number of hydrogen-bond acceptors (Lipinski definition) is 2. The lowest BCUT2D eigenvalue weighted by atomic mass is 10.1. The molecule has 0 atom stereocenters. The number of anilines is 1. The molecule has 1 aromatic heterocycles. The van der Waals surface area contributed by atoms with E-state index in [1.54, 1.807) is 12.1 Å². The zero-order chi connectivity index (χ0) is 15.2. The standard InChI is InChI=1S/C18H19N2O.H2/c1-4-7-12-20(11-5-2)17-13-16(21)15-10-8-9-14(6-3)18(15)19-17;/h1,6,8-10,13H,2-3,5,7,11-12H2,(H,19,21);1H. The molecule has 0 aliphatic carbocycles. The van der Waals surface area contributed by atoms with E-state index in [-0.39, 0.29) is 6.86 Å². The molecule has 2 rings (SSSR count). The first-order chi connectivity index (χ1) is 10.2. The van der Waals surface area contributed by atoms with Gasteiger partial charge in [-0.25, -0.2) is 0 Å². The molecule has 0 aliphatic heterocycles. The number of aromatic nitrogens is 1. The topological polar surface area (TPSA) is 36.1 Å². The minimum Gasteiger partial charge on any atom is -0.357 e. The van der Waals surface area contributed by atoms with Crippen LogP contribution < -0.4 is 10.3 Å². The number of rotatable bonds is 6. The Morgan fingerprint density at radius 1 is 1.43 bits per heavy atom. The van der Waals surface area contributed by atoms with Crippen LogP contribution in [0.5, 0.6) is 0 Å². The first-order valence-corrected chi connectivity index (χ1v) is 6.97.